The molecule has 0 fully saturated rings. The Labute approximate surface area is 140 Å². The summed E-state index contributed by atoms with van der Waals surface area (Å²) in [4.78, 5) is 15.4. The molecule has 2 aromatic carbocycles. The molecule has 1 unspecified atom stereocenters. The summed E-state index contributed by atoms with van der Waals surface area (Å²) in [6.45, 7) is 5.70. The van der Waals surface area contributed by atoms with Gasteiger partial charge in [0.1, 0.15) is 5.75 Å². The largest absolute Gasteiger partial charge is 0.479 e. The molecule has 0 spiro atoms. The molecular formula is C20H19NO3. The molecule has 0 saturated heterocycles. The Morgan fingerprint density at radius 3 is 2.50 bits per heavy atom. The third kappa shape index (κ3) is 2.95. The van der Waals surface area contributed by atoms with Crippen molar-refractivity contribution in [2.75, 3.05) is 0 Å². The summed E-state index contributed by atoms with van der Waals surface area (Å²) in [5.41, 5.74) is 5.53. The molecule has 3 aromatic rings. The minimum atomic E-state index is -0.993. The maximum absolute atomic E-state index is 10.9. The van der Waals surface area contributed by atoms with Crippen molar-refractivity contribution < 1.29 is 14.6 Å². The first kappa shape index (κ1) is 16.0. The first-order valence-corrected chi connectivity index (χ1v) is 7.82. The van der Waals surface area contributed by atoms with E-state index in [4.69, 9.17) is 9.84 Å². The first-order chi connectivity index (χ1) is 11.5. The van der Waals surface area contributed by atoms with Crippen LogP contribution < -0.4 is 4.74 Å². The van der Waals surface area contributed by atoms with E-state index in [9.17, 15) is 4.79 Å². The average molecular weight is 321 g/mol. The van der Waals surface area contributed by atoms with Gasteiger partial charge in [-0.25, -0.2) is 4.79 Å². The van der Waals surface area contributed by atoms with Crippen molar-refractivity contribution >= 4 is 16.9 Å². The zero-order valence-electron chi connectivity index (χ0n) is 13.9. The second-order valence-corrected chi connectivity index (χ2v) is 5.90. The van der Waals surface area contributed by atoms with Crippen molar-refractivity contribution in [2.45, 2.75) is 26.9 Å². The van der Waals surface area contributed by atoms with Crippen molar-refractivity contribution in [3.8, 4) is 16.9 Å². The highest BCUT2D eigenvalue weighted by molar-refractivity contribution is 5.96. The van der Waals surface area contributed by atoms with Crippen LogP contribution in [0.1, 0.15) is 18.1 Å². The predicted octanol–water partition coefficient (Wildman–Crippen LogP) is 4.37. The Balaban J connectivity index is 2.11. The summed E-state index contributed by atoms with van der Waals surface area (Å²) in [5, 5.41) is 9.99. The number of carboxylic acids is 1. The van der Waals surface area contributed by atoms with Gasteiger partial charge in [0.05, 0.1) is 5.52 Å². The summed E-state index contributed by atoms with van der Waals surface area (Å²) in [5.74, 6) is -0.490. The Bertz CT molecular complexity index is 898. The van der Waals surface area contributed by atoms with E-state index in [-0.39, 0.29) is 0 Å². The molecule has 4 heteroatoms. The lowest BCUT2D eigenvalue weighted by Gasteiger charge is -2.14. The molecule has 3 rings (SSSR count). The van der Waals surface area contributed by atoms with Crippen LogP contribution in [-0.4, -0.2) is 22.2 Å². The molecule has 0 radical (unpaired) electrons. The molecule has 1 atom stereocenters. The SMILES string of the molecule is Cc1cccc(C)c1-c1ccnc2cc(OC(C)C(=O)O)ccc12. The third-order valence-corrected chi connectivity index (χ3v) is 4.13. The molecule has 0 saturated carbocycles. The van der Waals surface area contributed by atoms with Crippen molar-refractivity contribution in [1.29, 1.82) is 0 Å². The normalized spacial score (nSPS) is 12.1. The van der Waals surface area contributed by atoms with Crippen LogP contribution in [0.5, 0.6) is 5.75 Å². The summed E-state index contributed by atoms with van der Waals surface area (Å²) in [7, 11) is 0. The van der Waals surface area contributed by atoms with Crippen LogP contribution in [-0.2, 0) is 4.79 Å². The van der Waals surface area contributed by atoms with Gasteiger partial charge in [0.15, 0.2) is 6.10 Å². The summed E-state index contributed by atoms with van der Waals surface area (Å²) < 4.78 is 5.44. The van der Waals surface area contributed by atoms with E-state index in [1.54, 1.807) is 18.3 Å². The Morgan fingerprint density at radius 2 is 1.83 bits per heavy atom. The molecule has 0 amide bonds. The number of aryl methyl sites for hydroxylation is 2. The highest BCUT2D eigenvalue weighted by atomic mass is 16.5. The van der Waals surface area contributed by atoms with Crippen molar-refractivity contribution in [1.82, 2.24) is 4.98 Å². The molecule has 122 valence electrons. The quantitative estimate of drug-likeness (QED) is 0.775. The fraction of sp³-hybridized carbons (Fsp3) is 0.200. The number of carboxylic acid groups (broad SMARTS) is 1. The monoisotopic (exact) mass is 321 g/mol. The first-order valence-electron chi connectivity index (χ1n) is 7.82. The van der Waals surface area contributed by atoms with Gasteiger partial charge in [-0.15, -0.1) is 0 Å². The van der Waals surface area contributed by atoms with E-state index < -0.39 is 12.1 Å². The molecule has 4 nitrogen and oxygen atoms in total. The van der Waals surface area contributed by atoms with Crippen LogP contribution in [0.25, 0.3) is 22.0 Å². The Hall–Kier alpha value is -2.88. The number of aromatic nitrogens is 1. The van der Waals surface area contributed by atoms with Crippen molar-refractivity contribution in [3.63, 3.8) is 0 Å². The number of ether oxygens (including phenoxy) is 1. The number of aliphatic carboxylic acids is 1. The van der Waals surface area contributed by atoms with Gasteiger partial charge >= 0.3 is 5.97 Å². The lowest BCUT2D eigenvalue weighted by molar-refractivity contribution is -0.144. The number of nitrogens with zero attached hydrogens (tertiary/aromatic N) is 1. The molecule has 0 aliphatic rings. The van der Waals surface area contributed by atoms with Gasteiger partial charge in [-0.2, -0.15) is 0 Å². The topological polar surface area (TPSA) is 59.4 Å². The maximum atomic E-state index is 10.9. The molecule has 0 aliphatic heterocycles. The van der Waals surface area contributed by atoms with Crippen molar-refractivity contribution in [2.24, 2.45) is 0 Å². The zero-order chi connectivity index (χ0) is 17.3. The van der Waals surface area contributed by atoms with Gasteiger partial charge in [0.2, 0.25) is 0 Å². The lowest BCUT2D eigenvalue weighted by atomic mass is 9.93. The number of pyridine rings is 1. The molecular weight excluding hydrogens is 302 g/mol. The predicted molar refractivity (Wildman–Crippen MR) is 94.4 cm³/mol. The van der Waals surface area contributed by atoms with Gasteiger partial charge in [-0.1, -0.05) is 18.2 Å². The molecule has 24 heavy (non-hydrogen) atoms. The summed E-state index contributed by atoms with van der Waals surface area (Å²) in [6.07, 6.45) is 0.873. The summed E-state index contributed by atoms with van der Waals surface area (Å²) >= 11 is 0. The van der Waals surface area contributed by atoms with E-state index in [0.717, 1.165) is 16.5 Å². The zero-order valence-corrected chi connectivity index (χ0v) is 13.9. The minimum Gasteiger partial charge on any atom is -0.479 e. The average Bonchev–Trinajstić information content (AvgIpc) is 2.54. The number of benzene rings is 2. The number of hydrogen-bond acceptors (Lipinski definition) is 3. The summed E-state index contributed by atoms with van der Waals surface area (Å²) in [6, 6.07) is 13.8. The number of hydrogen-bond donors (Lipinski definition) is 1. The van der Waals surface area contributed by atoms with E-state index in [1.165, 1.54) is 23.6 Å². The van der Waals surface area contributed by atoms with Crippen LogP contribution in [0.4, 0.5) is 0 Å². The maximum Gasteiger partial charge on any atom is 0.344 e. The van der Waals surface area contributed by atoms with Gasteiger partial charge in [0, 0.05) is 17.6 Å². The lowest BCUT2D eigenvalue weighted by Crippen LogP contribution is -2.22. The minimum absolute atomic E-state index is 0.503. The van der Waals surface area contributed by atoms with E-state index in [2.05, 4.69) is 37.0 Å². The number of rotatable bonds is 4. The third-order valence-electron chi connectivity index (χ3n) is 4.13. The van der Waals surface area contributed by atoms with Gasteiger partial charge in [0.25, 0.3) is 0 Å². The Morgan fingerprint density at radius 1 is 1.12 bits per heavy atom. The Kier molecular flexibility index (Phi) is 4.21. The van der Waals surface area contributed by atoms with Crippen molar-refractivity contribution in [3.05, 3.63) is 59.8 Å². The number of fused-ring (bicyclic) bond motifs is 1. The molecule has 1 heterocycles. The highest BCUT2D eigenvalue weighted by Gasteiger charge is 2.14. The van der Waals surface area contributed by atoms with E-state index >= 15 is 0 Å². The van der Waals surface area contributed by atoms with Crippen LogP contribution in [0, 0.1) is 13.8 Å². The molecule has 1 N–H and O–H groups in total. The fourth-order valence-electron chi connectivity index (χ4n) is 2.91. The van der Waals surface area contributed by atoms with Crippen LogP contribution >= 0.6 is 0 Å². The van der Waals surface area contributed by atoms with Gasteiger partial charge < -0.3 is 9.84 Å². The second kappa shape index (κ2) is 6.32. The van der Waals surface area contributed by atoms with E-state index in [0.29, 0.717) is 5.75 Å². The molecule has 0 bridgehead atoms. The van der Waals surface area contributed by atoms with Gasteiger partial charge in [-0.05, 0) is 61.2 Å². The second-order valence-electron chi connectivity index (χ2n) is 5.90. The van der Waals surface area contributed by atoms with Crippen LogP contribution in [0.15, 0.2) is 48.7 Å². The van der Waals surface area contributed by atoms with Gasteiger partial charge in [-0.3, -0.25) is 4.98 Å². The molecule has 1 aromatic heterocycles. The number of carbonyl (C=O) groups is 1. The molecule has 0 aliphatic carbocycles. The smallest absolute Gasteiger partial charge is 0.344 e. The highest BCUT2D eigenvalue weighted by Crippen LogP contribution is 2.33. The van der Waals surface area contributed by atoms with E-state index in [1.807, 2.05) is 12.1 Å². The standard InChI is InChI=1S/C20H19NO3/c1-12-5-4-6-13(2)19(12)17-9-10-21-18-11-15(7-8-16(17)18)24-14(3)20(22)23/h4-11,14H,1-3H3,(H,22,23). The fourth-order valence-corrected chi connectivity index (χ4v) is 2.91. The van der Waals surface area contributed by atoms with Crippen LogP contribution in [0.3, 0.4) is 0 Å². The van der Waals surface area contributed by atoms with Crippen LogP contribution in [0.2, 0.25) is 0 Å².